The molecule has 1 fully saturated rings. The van der Waals surface area contributed by atoms with Crippen molar-refractivity contribution >= 4 is 152 Å². The number of Topliss-reactive ketones (excluding diaryl/α,β-unsaturated/α-hetero) is 1. The molecule has 706 valence electrons. The molecule has 0 spiro atoms. The number of rotatable bonds is 39. The molecule has 5 aromatic rings. The minimum absolute atomic E-state index is 0.0394. The van der Waals surface area contributed by atoms with E-state index in [2.05, 4.69) is 75.4 Å². The summed E-state index contributed by atoms with van der Waals surface area (Å²) in [6.07, 6.45) is -1.89. The molecule has 1 saturated heterocycles. The lowest BCUT2D eigenvalue weighted by Crippen LogP contribution is -2.62. The Balaban J connectivity index is 1.43. The fourth-order valence-corrected chi connectivity index (χ4v) is 13.7. The van der Waals surface area contributed by atoms with Crippen LogP contribution in [0.5, 0.6) is 0 Å². The molecule has 6 rings (SSSR count). The highest BCUT2D eigenvalue weighted by Crippen LogP contribution is 2.24. The molecule has 27 N–H and O–H groups in total. The number of nitrogen functional groups attached to an aromatic ring is 1. The second-order valence-corrected chi connectivity index (χ2v) is 31.1. The molecule has 3 heterocycles. The average molecular weight is 1820 g/mol. The van der Waals surface area contributed by atoms with Gasteiger partial charge in [0, 0.05) is 71.3 Å². The van der Waals surface area contributed by atoms with Gasteiger partial charge in [-0.25, -0.2) is 9.18 Å². The lowest BCUT2D eigenvalue weighted by Gasteiger charge is -2.30. The van der Waals surface area contributed by atoms with Gasteiger partial charge in [0.15, 0.2) is 5.78 Å². The Kier molecular flexibility index (Phi) is 41.1. The van der Waals surface area contributed by atoms with Crippen molar-refractivity contribution in [3.8, 4) is 0 Å². The Labute approximate surface area is 741 Å². The quantitative estimate of drug-likeness (QED) is 0.00766. The number of unbranched alkanes of at least 4 members (excludes halogenated alkanes) is 6. The first-order valence-corrected chi connectivity index (χ1v) is 41.6. The number of cyclic esters (lactones) is 1. The number of carbonyl (C=O) groups excluding carboxylic acids is 17. The van der Waals surface area contributed by atoms with Gasteiger partial charge in [0.1, 0.15) is 78.4 Å². The maximum absolute atomic E-state index is 15.0. The van der Waals surface area contributed by atoms with Crippen LogP contribution in [-0.2, 0) is 113 Å². The Morgan fingerprint density at radius 3 is 1.70 bits per heavy atom. The number of ketones is 1. The normalized spacial score (nSPS) is 20.3. The highest BCUT2D eigenvalue weighted by molar-refractivity contribution is 6.05. The van der Waals surface area contributed by atoms with E-state index in [1.54, 1.807) is 30.5 Å². The zero-order valence-electron chi connectivity index (χ0n) is 71.5. The topological polar surface area (TPSA) is 747 Å². The molecule has 46 nitrogen and oxygen atoms in total. The molecule has 1 aliphatic rings. The van der Waals surface area contributed by atoms with Gasteiger partial charge in [-0.15, -0.1) is 0 Å². The van der Waals surface area contributed by atoms with Crippen LogP contribution >= 0.6 is 0 Å². The van der Waals surface area contributed by atoms with Crippen LogP contribution in [0.2, 0.25) is 0 Å². The molecule has 1 aliphatic heterocycles. The zero-order valence-corrected chi connectivity index (χ0v) is 71.5. The van der Waals surface area contributed by atoms with Gasteiger partial charge in [-0.1, -0.05) is 82.7 Å². The Bertz CT molecular complexity index is 4980. The number of H-pyrrole nitrogens is 2. The summed E-state index contributed by atoms with van der Waals surface area (Å²) in [5.74, 6) is -32.0. The first kappa shape index (κ1) is 104. The fourth-order valence-electron chi connectivity index (χ4n) is 13.7. The van der Waals surface area contributed by atoms with Crippen LogP contribution in [0.1, 0.15) is 152 Å². The van der Waals surface area contributed by atoms with Crippen molar-refractivity contribution < 1.29 is 135 Å². The van der Waals surface area contributed by atoms with Gasteiger partial charge >= 0.3 is 29.8 Å². The number of aliphatic hydroxyl groups excluding tert-OH is 1. The number of esters is 1. The number of halogens is 1. The Morgan fingerprint density at radius 2 is 1.08 bits per heavy atom. The number of nitrogens with two attached hydrogens (primary N) is 3. The number of amides is 15. The van der Waals surface area contributed by atoms with Crippen LogP contribution in [0, 0.1) is 11.7 Å². The van der Waals surface area contributed by atoms with E-state index >= 15 is 9.59 Å². The summed E-state index contributed by atoms with van der Waals surface area (Å²) < 4.78 is 20.0. The summed E-state index contributed by atoms with van der Waals surface area (Å²) in [6, 6.07) is -8.81. The van der Waals surface area contributed by atoms with Gasteiger partial charge < -0.3 is 132 Å². The zero-order chi connectivity index (χ0) is 96.2. The van der Waals surface area contributed by atoms with Crippen molar-refractivity contribution in [1.82, 2.24) is 84.4 Å². The number of anilines is 1. The molecule has 130 heavy (non-hydrogen) atoms. The minimum atomic E-state index is -2.52. The van der Waals surface area contributed by atoms with Gasteiger partial charge in [-0.05, 0) is 93.0 Å². The van der Waals surface area contributed by atoms with E-state index in [0.717, 1.165) is 52.9 Å². The van der Waals surface area contributed by atoms with Crippen LogP contribution in [0.15, 0.2) is 79.1 Å². The number of para-hydroxylation sites is 2. The number of aliphatic hydroxyl groups is 1. The van der Waals surface area contributed by atoms with E-state index in [4.69, 9.17) is 21.9 Å². The summed E-state index contributed by atoms with van der Waals surface area (Å²) in [5.41, 5.74) is 19.6. The summed E-state index contributed by atoms with van der Waals surface area (Å²) in [6.45, 7) is 0.686. The number of primary amides is 1. The molecule has 3 aromatic carbocycles. The number of aliphatic carboxylic acids is 4. The third kappa shape index (κ3) is 33.7. The maximum atomic E-state index is 15.0. The van der Waals surface area contributed by atoms with Gasteiger partial charge in [0.2, 0.25) is 88.6 Å². The lowest BCUT2D eigenvalue weighted by molar-refractivity contribution is -0.156. The monoisotopic (exact) mass is 1820 g/mol. The largest absolute Gasteiger partial charge is 0.481 e. The van der Waals surface area contributed by atoms with E-state index in [0.29, 0.717) is 45.8 Å². The highest BCUT2D eigenvalue weighted by atomic mass is 19.1. The fraction of sp³-hybridized carbons (Fsp3) is 0.482. The number of ether oxygens (including phenoxy) is 1. The standard InChI is InChI=1S/C83H110FN19O27/c1-5-6-7-8-9-10-11-22-63(107)95-54(28-44-36-89-51-20-15-13-17-46(44)51)77(123)98-55(31-62(87)106)78(124)100-58(34-69(116)117)79(125)103-71-42(4)130-83(129)59(30-61(105)47-18-12-14-19-49(47)85)101-82(128)70(40(2)26-66(110)111)102-80(126)60(39-104)96-65(109)37-91-74(120)56(32-67(112)113)97-72(118)41(3)93-76(122)57(33-68(114)115)99-75(121)53(94-64(108)38-92-81(71)127)21-16-25-88-73(119)50(86)27-43-35-90-52-24-23-45(84)29-48(43)52/h12-15,17-20,23-24,29,35-36,40-42,50,53-60,70-71,89-90,104H,5-11,16,21-22,25-28,30-34,37-39,85-86H2,1-4H3,(H2,87,106)(H,88,119)(H,91,120)(H,92,127)(H,93,122)(H,94,108)(H,95,107)(H,96,109)(H,97,118)(H,98,123)(H,99,121)(H,100,124)(H,101,128)(H,102,126)(H,103,125)(H,110,111)(H,112,113)(H,114,115)(H,116,117)/t40-,41-,42?,50+,53+,54+,55+,56+,57?,58+,59+,60-,70?,71?/m1/s1. The molecule has 47 heteroatoms. The molecule has 2 aromatic heterocycles. The summed E-state index contributed by atoms with van der Waals surface area (Å²) in [7, 11) is 0. The minimum Gasteiger partial charge on any atom is -0.481 e. The maximum Gasteiger partial charge on any atom is 0.329 e. The second kappa shape index (κ2) is 51.3. The number of carboxylic acids is 4. The number of nitrogens with one attached hydrogen (secondary N) is 16. The Hall–Kier alpha value is -14.5. The first-order chi connectivity index (χ1) is 61.6. The second-order valence-electron chi connectivity index (χ2n) is 31.1. The van der Waals surface area contributed by atoms with Crippen molar-refractivity contribution in [2.45, 2.75) is 222 Å². The lowest BCUT2D eigenvalue weighted by atomic mass is 9.96. The molecular weight excluding hydrogens is 1710 g/mol. The summed E-state index contributed by atoms with van der Waals surface area (Å²) >= 11 is 0. The molecule has 0 aliphatic carbocycles. The predicted octanol–water partition coefficient (Wildman–Crippen LogP) is -4.27. The van der Waals surface area contributed by atoms with Gasteiger partial charge in [0.05, 0.1) is 57.8 Å². The van der Waals surface area contributed by atoms with E-state index in [1.165, 1.54) is 48.7 Å². The highest BCUT2D eigenvalue weighted by Gasteiger charge is 2.42. The van der Waals surface area contributed by atoms with Gasteiger partial charge in [-0.3, -0.25) is 95.9 Å². The Morgan fingerprint density at radius 1 is 0.531 bits per heavy atom. The number of aromatic amines is 2. The predicted molar refractivity (Wildman–Crippen MR) is 454 cm³/mol. The SMILES string of the molecule is CCCCCCCCCC(=O)N[C@@H](Cc1c[nH]c2ccccc12)C(=O)N[C@@H](CC(N)=O)C(=O)N[C@@H](CC(=O)O)C(=O)NC1C(=O)NCC(=O)N[C@@H](CCCNC(=O)[C@@H](N)Cc2c[nH]c3ccc(F)cc23)C(=O)NC(CC(=O)O)C(=O)N[C@H](C)C(=O)N[C@@H](CC(=O)O)C(=O)NCC(=O)N[C@H](CO)C(=O)NC([C@H](C)CC(=O)O)C(=O)N[C@@H](CC(=O)c2ccccc2N)C(=O)OC1C. The smallest absolute Gasteiger partial charge is 0.329 e. The van der Waals surface area contributed by atoms with Crippen LogP contribution in [0.4, 0.5) is 10.1 Å². The molecule has 4 unspecified atom stereocenters. The molecule has 0 bridgehead atoms. The van der Waals surface area contributed by atoms with Crippen molar-refractivity contribution in [3.63, 3.8) is 0 Å². The van der Waals surface area contributed by atoms with Crippen molar-refractivity contribution in [2.24, 2.45) is 17.4 Å². The molecular formula is C83H110FN19O27. The molecule has 14 atom stereocenters. The van der Waals surface area contributed by atoms with E-state index in [1.807, 2.05) is 16.0 Å². The van der Waals surface area contributed by atoms with Crippen molar-refractivity contribution in [3.05, 3.63) is 102 Å². The van der Waals surface area contributed by atoms with Crippen molar-refractivity contribution in [2.75, 3.05) is 32.0 Å². The van der Waals surface area contributed by atoms with E-state index < -0.39 is 279 Å². The number of aromatic nitrogens is 2. The number of hydrogen-bond acceptors (Lipinski definition) is 25. The van der Waals surface area contributed by atoms with Gasteiger partial charge in [-0.2, -0.15) is 0 Å². The number of hydrogen-bond donors (Lipinski definition) is 24. The molecule has 15 amide bonds. The van der Waals surface area contributed by atoms with Crippen LogP contribution in [0.3, 0.4) is 0 Å². The average Bonchev–Trinajstić information content (AvgIpc) is 1.63. The van der Waals surface area contributed by atoms with Crippen LogP contribution in [0.25, 0.3) is 21.8 Å². The van der Waals surface area contributed by atoms with E-state index in [-0.39, 0.29) is 43.5 Å². The molecule has 0 saturated carbocycles. The number of benzene rings is 3. The van der Waals surface area contributed by atoms with Crippen LogP contribution in [-0.4, -0.2) is 265 Å². The number of carboxylic acid groups (broad SMARTS) is 4. The molecule has 0 radical (unpaired) electrons. The number of fused-ring (bicyclic) bond motifs is 2. The van der Waals surface area contributed by atoms with Crippen LogP contribution < -0.4 is 91.6 Å². The summed E-state index contributed by atoms with van der Waals surface area (Å²) in [5, 5.41) is 82.2. The van der Waals surface area contributed by atoms with Crippen molar-refractivity contribution in [1.29, 1.82) is 0 Å². The van der Waals surface area contributed by atoms with Gasteiger partial charge in [0.25, 0.3) is 0 Å². The van der Waals surface area contributed by atoms with E-state index in [9.17, 15) is 121 Å². The third-order valence-corrected chi connectivity index (χ3v) is 20.6. The third-order valence-electron chi connectivity index (χ3n) is 20.6. The summed E-state index contributed by atoms with van der Waals surface area (Å²) in [4.78, 5) is 296. The first-order valence-electron chi connectivity index (χ1n) is 41.6. The number of carbonyl (C=O) groups is 21.